The second-order valence-corrected chi connectivity index (χ2v) is 9.94. The molecule has 0 N–H and O–H groups in total. The van der Waals surface area contributed by atoms with Crippen LogP contribution in [0.5, 0.6) is 0 Å². The highest BCUT2D eigenvalue weighted by atomic mass is 35.5. The van der Waals surface area contributed by atoms with Crippen LogP contribution >= 0.6 is 12.4 Å². The van der Waals surface area contributed by atoms with Crippen molar-refractivity contribution in [3.8, 4) is 0 Å². The normalized spacial score (nSPS) is 15.6. The fraction of sp³-hybridized carbons (Fsp3) is 0.600. The van der Waals surface area contributed by atoms with Gasteiger partial charge >= 0.3 is 0 Å². The van der Waals surface area contributed by atoms with Gasteiger partial charge in [-0.15, -0.1) is 12.4 Å². The number of carbonyl (C=O) groups excluding carboxylic acids is 1. The quantitative estimate of drug-likeness (QED) is 0.633. The van der Waals surface area contributed by atoms with Crippen LogP contribution in [0.4, 0.5) is 0 Å². The van der Waals surface area contributed by atoms with Gasteiger partial charge in [-0.3, -0.25) is 9.48 Å². The van der Waals surface area contributed by atoms with E-state index in [1.807, 2.05) is 23.7 Å². The number of rotatable bonds is 7. The van der Waals surface area contributed by atoms with E-state index in [1.54, 1.807) is 0 Å². The molecule has 0 radical (unpaired) electrons. The summed E-state index contributed by atoms with van der Waals surface area (Å²) in [6, 6.07) is 3.74. The van der Waals surface area contributed by atoms with E-state index in [4.69, 9.17) is 0 Å². The fourth-order valence-corrected chi connectivity index (χ4v) is 4.61. The van der Waals surface area contributed by atoms with Gasteiger partial charge in [0.2, 0.25) is 0 Å². The van der Waals surface area contributed by atoms with Crippen LogP contribution in [0.25, 0.3) is 10.9 Å². The smallest absolute Gasteiger partial charge is 0.163 e. The maximum Gasteiger partial charge on any atom is 0.163 e. The number of nitrogens with zero attached hydrogens (tertiary/aromatic N) is 2. The van der Waals surface area contributed by atoms with Gasteiger partial charge in [0.15, 0.2) is 5.78 Å². The molecule has 1 fully saturated rings. The van der Waals surface area contributed by atoms with E-state index >= 15 is 0 Å². The minimum Gasteiger partial charge on any atom is -0.294 e. The van der Waals surface area contributed by atoms with E-state index in [2.05, 4.69) is 11.3 Å². The van der Waals surface area contributed by atoms with Gasteiger partial charge in [-0.2, -0.15) is 5.10 Å². The van der Waals surface area contributed by atoms with Crippen molar-refractivity contribution in [2.75, 3.05) is 12.0 Å². The van der Waals surface area contributed by atoms with Gasteiger partial charge in [0, 0.05) is 36.4 Å². The zero-order valence-electron chi connectivity index (χ0n) is 16.1. The Hall–Kier alpha value is -1.40. The van der Waals surface area contributed by atoms with Gasteiger partial charge in [-0.1, -0.05) is 19.3 Å². The van der Waals surface area contributed by atoms with Gasteiger partial charge < -0.3 is 0 Å². The minimum atomic E-state index is -3.02. The molecule has 0 amide bonds. The number of carbonyl (C=O) groups is 1. The molecule has 1 aliphatic carbocycles. The molecule has 27 heavy (non-hydrogen) atoms. The summed E-state index contributed by atoms with van der Waals surface area (Å²) in [5, 5.41) is 5.71. The lowest BCUT2D eigenvalue weighted by molar-refractivity contribution is 0.0981. The lowest BCUT2D eigenvalue weighted by Gasteiger charge is -2.21. The van der Waals surface area contributed by atoms with Crippen LogP contribution in [0, 0.1) is 12.8 Å². The third-order valence-electron chi connectivity index (χ3n) is 5.40. The molecule has 0 bridgehead atoms. The Kier molecular flexibility index (Phi) is 7.46. The molecule has 0 unspecified atom stereocenters. The van der Waals surface area contributed by atoms with Crippen LogP contribution in [0.15, 0.2) is 18.3 Å². The van der Waals surface area contributed by atoms with Gasteiger partial charge in [0.1, 0.15) is 9.84 Å². The van der Waals surface area contributed by atoms with Crippen molar-refractivity contribution in [3.05, 3.63) is 29.5 Å². The van der Waals surface area contributed by atoms with Crippen LogP contribution in [0.1, 0.15) is 60.9 Å². The Labute approximate surface area is 167 Å². The maximum atomic E-state index is 12.5. The number of hydrogen-bond donors (Lipinski definition) is 0. The summed E-state index contributed by atoms with van der Waals surface area (Å²) >= 11 is 0. The van der Waals surface area contributed by atoms with E-state index in [-0.39, 0.29) is 30.4 Å². The Morgan fingerprint density at radius 1 is 1.22 bits per heavy atom. The maximum absolute atomic E-state index is 12.5. The number of aryl methyl sites for hydroxylation is 1. The Morgan fingerprint density at radius 3 is 2.59 bits per heavy atom. The standard InChI is InChI=1S/C20H28N2O3S.ClH/c1-15-17(20(23)9-6-12-26(2,24)25)10-11-19-18(15)14-22(21-19)13-16-7-4-3-5-8-16;/h10-11,14,16H,3-9,12-13H2,1-2H3;1H. The molecule has 7 heteroatoms. The predicted molar refractivity (Wildman–Crippen MR) is 112 cm³/mol. The zero-order chi connectivity index (χ0) is 18.7. The van der Waals surface area contributed by atoms with Crippen molar-refractivity contribution in [2.24, 2.45) is 5.92 Å². The van der Waals surface area contributed by atoms with E-state index in [0.29, 0.717) is 17.9 Å². The van der Waals surface area contributed by atoms with Crippen LogP contribution < -0.4 is 0 Å². The number of ketones is 1. The lowest BCUT2D eigenvalue weighted by Crippen LogP contribution is -2.14. The lowest BCUT2D eigenvalue weighted by atomic mass is 9.89. The number of sulfone groups is 1. The van der Waals surface area contributed by atoms with E-state index in [0.717, 1.165) is 23.0 Å². The molecule has 1 heterocycles. The van der Waals surface area contributed by atoms with Crippen molar-refractivity contribution in [1.29, 1.82) is 0 Å². The number of fused-ring (bicyclic) bond motifs is 1. The molecule has 1 saturated carbocycles. The minimum absolute atomic E-state index is 0. The van der Waals surface area contributed by atoms with Crippen molar-refractivity contribution in [2.45, 2.75) is 58.4 Å². The molecule has 0 aliphatic heterocycles. The molecular formula is C20H29ClN2O3S. The summed E-state index contributed by atoms with van der Waals surface area (Å²) in [6.07, 6.45) is 10.4. The molecule has 1 aliphatic rings. The highest BCUT2D eigenvalue weighted by Gasteiger charge is 2.17. The van der Waals surface area contributed by atoms with Gasteiger partial charge in [-0.05, 0) is 49.8 Å². The van der Waals surface area contributed by atoms with Gasteiger partial charge in [0.25, 0.3) is 0 Å². The molecule has 0 spiro atoms. The summed E-state index contributed by atoms with van der Waals surface area (Å²) in [5.41, 5.74) is 2.55. The number of aromatic nitrogens is 2. The molecular weight excluding hydrogens is 384 g/mol. The third kappa shape index (κ3) is 5.79. The molecule has 1 aromatic heterocycles. The Morgan fingerprint density at radius 2 is 1.93 bits per heavy atom. The second-order valence-electron chi connectivity index (χ2n) is 7.68. The molecule has 2 aromatic rings. The molecule has 3 rings (SSSR count). The Bertz CT molecular complexity index is 899. The highest BCUT2D eigenvalue weighted by molar-refractivity contribution is 7.90. The predicted octanol–water partition coefficient (Wildman–Crippen LogP) is 4.35. The van der Waals surface area contributed by atoms with Crippen LogP contribution in [0.3, 0.4) is 0 Å². The van der Waals surface area contributed by atoms with Crippen molar-refractivity contribution < 1.29 is 13.2 Å². The van der Waals surface area contributed by atoms with Crippen LogP contribution in [0.2, 0.25) is 0 Å². The molecule has 5 nitrogen and oxygen atoms in total. The first-order chi connectivity index (χ1) is 12.3. The number of benzene rings is 1. The number of Topliss-reactive ketones (excluding diaryl/α,β-unsaturated/α-hetero) is 1. The summed E-state index contributed by atoms with van der Waals surface area (Å²) in [6.45, 7) is 2.91. The Balaban J connectivity index is 0.00000261. The summed E-state index contributed by atoms with van der Waals surface area (Å²) in [7, 11) is -3.02. The van der Waals surface area contributed by atoms with Crippen LogP contribution in [-0.4, -0.2) is 36.0 Å². The zero-order valence-corrected chi connectivity index (χ0v) is 17.7. The fourth-order valence-electron chi connectivity index (χ4n) is 3.94. The van der Waals surface area contributed by atoms with E-state index < -0.39 is 9.84 Å². The largest absolute Gasteiger partial charge is 0.294 e. The second kappa shape index (κ2) is 9.20. The topological polar surface area (TPSA) is 69.0 Å². The van der Waals surface area contributed by atoms with Gasteiger partial charge in [-0.25, -0.2) is 8.42 Å². The molecule has 150 valence electrons. The van der Waals surface area contributed by atoms with Crippen molar-refractivity contribution in [1.82, 2.24) is 9.78 Å². The number of halogens is 1. The van der Waals surface area contributed by atoms with Crippen molar-refractivity contribution >= 4 is 38.9 Å². The monoisotopic (exact) mass is 412 g/mol. The first kappa shape index (κ1) is 21.9. The van der Waals surface area contributed by atoms with Gasteiger partial charge in [0.05, 0.1) is 11.3 Å². The summed E-state index contributed by atoms with van der Waals surface area (Å²) in [5.74, 6) is 0.767. The third-order valence-corrected chi connectivity index (χ3v) is 6.43. The molecule has 1 aromatic carbocycles. The summed E-state index contributed by atoms with van der Waals surface area (Å²) in [4.78, 5) is 12.5. The first-order valence-electron chi connectivity index (χ1n) is 9.51. The molecule has 0 atom stereocenters. The first-order valence-corrected chi connectivity index (χ1v) is 11.6. The highest BCUT2D eigenvalue weighted by Crippen LogP contribution is 2.27. The van der Waals surface area contributed by atoms with Crippen molar-refractivity contribution in [3.63, 3.8) is 0 Å². The average molecular weight is 413 g/mol. The summed E-state index contributed by atoms with van der Waals surface area (Å²) < 4.78 is 24.5. The van der Waals surface area contributed by atoms with Crippen LogP contribution in [-0.2, 0) is 16.4 Å². The van der Waals surface area contributed by atoms with E-state index in [1.165, 1.54) is 38.4 Å². The number of hydrogen-bond acceptors (Lipinski definition) is 4. The van der Waals surface area contributed by atoms with E-state index in [9.17, 15) is 13.2 Å². The molecule has 0 saturated heterocycles. The SMILES string of the molecule is Cc1c(C(=O)CCCS(C)(=O)=O)ccc2nn(CC3CCCCC3)cc12.Cl. The average Bonchev–Trinajstić information content (AvgIpc) is 2.98.